The van der Waals surface area contributed by atoms with Gasteiger partial charge in [-0.2, -0.15) is 4.31 Å². The molecule has 1 aromatic carbocycles. The van der Waals surface area contributed by atoms with Crippen LogP contribution in [0.1, 0.15) is 20.8 Å². The molecule has 0 aliphatic carbocycles. The van der Waals surface area contributed by atoms with E-state index >= 15 is 0 Å². The van der Waals surface area contributed by atoms with Crippen molar-refractivity contribution >= 4 is 21.4 Å². The molecule has 112 valence electrons. The van der Waals surface area contributed by atoms with Gasteiger partial charge in [0.25, 0.3) is 5.69 Å². The van der Waals surface area contributed by atoms with Gasteiger partial charge in [-0.05, 0) is 19.9 Å². The summed E-state index contributed by atoms with van der Waals surface area (Å²) in [5, 5.41) is 10.8. The summed E-state index contributed by atoms with van der Waals surface area (Å²) in [5.74, 6) is 5.29. The summed E-state index contributed by atoms with van der Waals surface area (Å²) in [4.78, 5) is 9.95. The Balaban J connectivity index is 3.49. The molecule has 0 aromatic heterocycles. The molecule has 0 aliphatic rings. The number of non-ortho nitro benzene ring substituents is 1. The molecule has 0 radical (unpaired) electrons. The molecule has 0 amide bonds. The number of anilines is 1. The monoisotopic (exact) mass is 302 g/mol. The first kappa shape index (κ1) is 16.3. The lowest BCUT2D eigenvalue weighted by Crippen LogP contribution is -2.37. The van der Waals surface area contributed by atoms with Crippen LogP contribution in [-0.2, 0) is 10.0 Å². The molecular weight excluding hydrogens is 284 g/mol. The Morgan fingerprint density at radius 1 is 1.45 bits per heavy atom. The van der Waals surface area contributed by atoms with E-state index in [1.807, 2.05) is 0 Å². The standard InChI is InChI=1S/C11H18N4O4S/c1-4-14(8(2)3)20(18,19)11-7-9(15(16)17)5-6-10(11)13-12/h5-8,13H,4,12H2,1-3H3. The number of nitrogens with two attached hydrogens (primary N) is 1. The number of benzene rings is 1. The predicted molar refractivity (Wildman–Crippen MR) is 75.6 cm³/mol. The second kappa shape index (κ2) is 6.16. The van der Waals surface area contributed by atoms with Crippen LogP contribution in [0.5, 0.6) is 0 Å². The van der Waals surface area contributed by atoms with Crippen LogP contribution in [0.2, 0.25) is 0 Å². The minimum Gasteiger partial charge on any atom is -0.323 e. The fraction of sp³-hybridized carbons (Fsp3) is 0.455. The van der Waals surface area contributed by atoms with E-state index in [4.69, 9.17) is 5.84 Å². The van der Waals surface area contributed by atoms with Crippen LogP contribution in [0.25, 0.3) is 0 Å². The third-order valence-electron chi connectivity index (χ3n) is 2.81. The number of hydrazine groups is 1. The van der Waals surface area contributed by atoms with Gasteiger partial charge in [-0.25, -0.2) is 8.42 Å². The third-order valence-corrected chi connectivity index (χ3v) is 5.00. The maximum atomic E-state index is 12.6. The Morgan fingerprint density at radius 2 is 2.05 bits per heavy atom. The van der Waals surface area contributed by atoms with Gasteiger partial charge < -0.3 is 5.43 Å². The summed E-state index contributed by atoms with van der Waals surface area (Å²) in [6.07, 6.45) is 0. The van der Waals surface area contributed by atoms with Gasteiger partial charge in [0.05, 0.1) is 10.6 Å². The molecule has 8 nitrogen and oxygen atoms in total. The van der Waals surface area contributed by atoms with Crippen molar-refractivity contribution in [3.63, 3.8) is 0 Å². The third kappa shape index (κ3) is 3.06. The van der Waals surface area contributed by atoms with Crippen LogP contribution in [0.4, 0.5) is 11.4 Å². The van der Waals surface area contributed by atoms with Crippen molar-refractivity contribution in [2.75, 3.05) is 12.0 Å². The topological polar surface area (TPSA) is 119 Å². The van der Waals surface area contributed by atoms with Crippen molar-refractivity contribution in [1.29, 1.82) is 0 Å². The van der Waals surface area contributed by atoms with Crippen LogP contribution in [0, 0.1) is 10.1 Å². The molecule has 0 spiro atoms. The smallest absolute Gasteiger partial charge is 0.270 e. The van der Waals surface area contributed by atoms with E-state index < -0.39 is 14.9 Å². The second-order valence-electron chi connectivity index (χ2n) is 4.38. The summed E-state index contributed by atoms with van der Waals surface area (Å²) in [5.41, 5.74) is 2.07. The molecule has 0 fully saturated rings. The van der Waals surface area contributed by atoms with Crippen LogP contribution < -0.4 is 11.3 Å². The zero-order valence-electron chi connectivity index (χ0n) is 11.5. The van der Waals surface area contributed by atoms with Crippen molar-refractivity contribution < 1.29 is 13.3 Å². The molecule has 1 aromatic rings. The first-order valence-corrected chi connectivity index (χ1v) is 7.46. The van der Waals surface area contributed by atoms with Gasteiger partial charge in [-0.3, -0.25) is 16.0 Å². The van der Waals surface area contributed by atoms with E-state index in [1.165, 1.54) is 16.4 Å². The molecule has 3 N–H and O–H groups in total. The Kier molecular flexibility index (Phi) is 5.03. The predicted octanol–water partition coefficient (Wildman–Crippen LogP) is 1.30. The highest BCUT2D eigenvalue weighted by atomic mass is 32.2. The molecule has 0 aliphatic heterocycles. The molecule has 0 atom stereocenters. The Hall–Kier alpha value is -1.71. The van der Waals surface area contributed by atoms with Gasteiger partial charge >= 0.3 is 0 Å². The quantitative estimate of drug-likeness (QED) is 0.464. The van der Waals surface area contributed by atoms with E-state index in [9.17, 15) is 18.5 Å². The van der Waals surface area contributed by atoms with Crippen LogP contribution in [0.15, 0.2) is 23.1 Å². The maximum absolute atomic E-state index is 12.6. The van der Waals surface area contributed by atoms with Crippen LogP contribution in [0.3, 0.4) is 0 Å². The molecule has 0 saturated heterocycles. The molecule has 0 heterocycles. The largest absolute Gasteiger partial charge is 0.323 e. The van der Waals surface area contributed by atoms with E-state index in [2.05, 4.69) is 5.43 Å². The fourth-order valence-corrected chi connectivity index (χ4v) is 3.72. The van der Waals surface area contributed by atoms with Crippen molar-refractivity contribution in [2.45, 2.75) is 31.7 Å². The number of nitrogens with one attached hydrogen (secondary N) is 1. The zero-order valence-corrected chi connectivity index (χ0v) is 12.3. The maximum Gasteiger partial charge on any atom is 0.270 e. The lowest BCUT2D eigenvalue weighted by atomic mass is 10.3. The molecule has 9 heteroatoms. The van der Waals surface area contributed by atoms with Gasteiger partial charge in [0.15, 0.2) is 0 Å². The van der Waals surface area contributed by atoms with Gasteiger partial charge in [-0.15, -0.1) is 0 Å². The lowest BCUT2D eigenvalue weighted by Gasteiger charge is -2.25. The van der Waals surface area contributed by atoms with Gasteiger partial charge in [0.1, 0.15) is 4.90 Å². The summed E-state index contributed by atoms with van der Waals surface area (Å²) in [6.45, 7) is 5.42. The van der Waals surface area contributed by atoms with E-state index in [1.54, 1.807) is 20.8 Å². The Bertz CT molecular complexity index is 600. The molecule has 20 heavy (non-hydrogen) atoms. The summed E-state index contributed by atoms with van der Waals surface area (Å²) in [7, 11) is -3.86. The number of hydrogen-bond donors (Lipinski definition) is 2. The zero-order chi connectivity index (χ0) is 15.5. The van der Waals surface area contributed by atoms with Crippen molar-refractivity contribution in [2.24, 2.45) is 5.84 Å². The number of nitrogen functional groups attached to an aromatic ring is 1. The highest BCUT2D eigenvalue weighted by Crippen LogP contribution is 2.29. The normalized spacial score (nSPS) is 11.9. The Labute approximate surface area is 117 Å². The lowest BCUT2D eigenvalue weighted by molar-refractivity contribution is -0.385. The fourth-order valence-electron chi connectivity index (χ4n) is 1.90. The number of rotatable bonds is 6. The van der Waals surface area contributed by atoms with E-state index in [0.717, 1.165) is 6.07 Å². The van der Waals surface area contributed by atoms with Crippen LogP contribution >= 0.6 is 0 Å². The average Bonchev–Trinajstić information content (AvgIpc) is 2.37. The number of nitro groups is 1. The SMILES string of the molecule is CCN(C(C)C)S(=O)(=O)c1cc([N+](=O)[O-])ccc1NN. The van der Waals surface area contributed by atoms with Gasteiger partial charge in [0, 0.05) is 24.7 Å². The van der Waals surface area contributed by atoms with Gasteiger partial charge in [0.2, 0.25) is 10.0 Å². The van der Waals surface area contributed by atoms with Crippen molar-refractivity contribution in [3.8, 4) is 0 Å². The number of nitro benzene ring substituents is 1. The van der Waals surface area contributed by atoms with E-state index in [-0.39, 0.29) is 28.9 Å². The molecule has 1 rings (SSSR count). The average molecular weight is 302 g/mol. The second-order valence-corrected chi connectivity index (χ2v) is 6.24. The first-order chi connectivity index (χ1) is 9.25. The van der Waals surface area contributed by atoms with E-state index in [0.29, 0.717) is 0 Å². The molecular formula is C11H18N4O4S. The van der Waals surface area contributed by atoms with Crippen LogP contribution in [-0.4, -0.2) is 30.2 Å². The summed E-state index contributed by atoms with van der Waals surface area (Å²) >= 11 is 0. The minimum atomic E-state index is -3.86. The highest BCUT2D eigenvalue weighted by molar-refractivity contribution is 7.89. The summed E-state index contributed by atoms with van der Waals surface area (Å²) < 4.78 is 26.4. The number of nitrogens with zero attached hydrogens (tertiary/aromatic N) is 2. The highest BCUT2D eigenvalue weighted by Gasteiger charge is 2.29. The summed E-state index contributed by atoms with van der Waals surface area (Å²) in [6, 6.07) is 3.21. The number of hydrogen-bond acceptors (Lipinski definition) is 6. The van der Waals surface area contributed by atoms with Gasteiger partial charge in [-0.1, -0.05) is 6.92 Å². The first-order valence-electron chi connectivity index (χ1n) is 6.02. The number of sulfonamides is 1. The molecule has 0 unspecified atom stereocenters. The van der Waals surface area contributed by atoms with Crippen molar-refractivity contribution in [1.82, 2.24) is 4.31 Å². The minimum absolute atomic E-state index is 0.120. The molecule has 0 saturated carbocycles. The Morgan fingerprint density at radius 3 is 2.45 bits per heavy atom. The van der Waals surface area contributed by atoms with Crippen molar-refractivity contribution in [3.05, 3.63) is 28.3 Å². The molecule has 0 bridgehead atoms.